The predicted octanol–water partition coefficient (Wildman–Crippen LogP) is 4.66. The third-order valence-corrected chi connectivity index (χ3v) is 4.08. The van der Waals surface area contributed by atoms with Crippen molar-refractivity contribution in [3.05, 3.63) is 71.3 Å². The normalized spacial score (nSPS) is 12.0. The van der Waals surface area contributed by atoms with Gasteiger partial charge in [0.2, 0.25) is 5.96 Å². The lowest BCUT2D eigenvalue weighted by Crippen LogP contribution is -2.38. The minimum atomic E-state index is -0.482. The molecular formula is C22H23F2N5O. The fourth-order valence-corrected chi connectivity index (χ4v) is 2.67. The van der Waals surface area contributed by atoms with Crippen LogP contribution >= 0.6 is 0 Å². The van der Waals surface area contributed by atoms with Gasteiger partial charge in [0.15, 0.2) is 5.82 Å². The molecule has 0 radical (unpaired) electrons. The largest absolute Gasteiger partial charge is 0.309 e. The number of aromatic amines is 1. The summed E-state index contributed by atoms with van der Waals surface area (Å²) in [6.45, 7) is 7.25. The fraction of sp³-hybridized carbons (Fsp3) is 0.227. The molecule has 0 aliphatic rings. The Morgan fingerprint density at radius 1 is 1.07 bits per heavy atom. The number of aromatic nitrogens is 2. The Bertz CT molecular complexity index is 1080. The van der Waals surface area contributed by atoms with Crippen LogP contribution in [0.2, 0.25) is 0 Å². The molecule has 8 heteroatoms. The van der Waals surface area contributed by atoms with Gasteiger partial charge in [0.1, 0.15) is 11.6 Å². The van der Waals surface area contributed by atoms with Gasteiger partial charge < -0.3 is 5.32 Å². The van der Waals surface area contributed by atoms with Crippen molar-refractivity contribution in [1.29, 1.82) is 0 Å². The van der Waals surface area contributed by atoms with Crippen molar-refractivity contribution in [2.24, 2.45) is 4.99 Å². The van der Waals surface area contributed by atoms with Crippen LogP contribution in [0.3, 0.4) is 0 Å². The number of amides is 1. The topological polar surface area (TPSA) is 82.2 Å². The van der Waals surface area contributed by atoms with E-state index in [1.165, 1.54) is 30.3 Å². The van der Waals surface area contributed by atoms with Crippen LogP contribution in [0.4, 0.5) is 14.6 Å². The van der Waals surface area contributed by atoms with Gasteiger partial charge in [-0.25, -0.2) is 13.8 Å². The molecule has 6 nitrogen and oxygen atoms in total. The lowest BCUT2D eigenvalue weighted by atomic mass is 10.1. The lowest BCUT2D eigenvalue weighted by molar-refractivity contribution is 0.0976. The summed E-state index contributed by atoms with van der Waals surface area (Å²) < 4.78 is 26.6. The van der Waals surface area contributed by atoms with Crippen LogP contribution in [0.1, 0.15) is 36.7 Å². The van der Waals surface area contributed by atoms with E-state index in [1.807, 2.05) is 20.8 Å². The van der Waals surface area contributed by atoms with E-state index in [0.717, 1.165) is 5.56 Å². The highest BCUT2D eigenvalue weighted by atomic mass is 19.1. The number of hydrogen-bond donors (Lipinski definition) is 3. The summed E-state index contributed by atoms with van der Waals surface area (Å²) >= 11 is 0. The number of aryl methyl sites for hydroxylation is 1. The first kappa shape index (κ1) is 21.2. The number of benzene rings is 2. The van der Waals surface area contributed by atoms with Crippen LogP contribution in [-0.4, -0.2) is 27.6 Å². The number of anilines is 1. The molecule has 0 unspecified atom stereocenters. The molecule has 30 heavy (non-hydrogen) atoms. The predicted molar refractivity (Wildman–Crippen MR) is 113 cm³/mol. The van der Waals surface area contributed by atoms with E-state index < -0.39 is 11.4 Å². The summed E-state index contributed by atoms with van der Waals surface area (Å²) in [6, 6.07) is 11.8. The molecule has 0 fully saturated rings. The molecule has 0 atom stereocenters. The van der Waals surface area contributed by atoms with E-state index in [0.29, 0.717) is 22.6 Å². The second kappa shape index (κ2) is 8.44. The van der Waals surface area contributed by atoms with Crippen molar-refractivity contribution in [2.75, 3.05) is 5.32 Å². The van der Waals surface area contributed by atoms with E-state index in [4.69, 9.17) is 0 Å². The monoisotopic (exact) mass is 411 g/mol. The van der Waals surface area contributed by atoms with Crippen molar-refractivity contribution >= 4 is 17.7 Å². The van der Waals surface area contributed by atoms with Crippen molar-refractivity contribution in [3.8, 4) is 11.3 Å². The Morgan fingerprint density at radius 3 is 2.40 bits per heavy atom. The van der Waals surface area contributed by atoms with E-state index in [-0.39, 0.29) is 17.6 Å². The number of carbonyl (C=O) groups is 1. The Balaban J connectivity index is 1.81. The molecule has 3 aromatic rings. The molecule has 0 bridgehead atoms. The zero-order valence-corrected chi connectivity index (χ0v) is 17.2. The van der Waals surface area contributed by atoms with E-state index in [2.05, 4.69) is 25.8 Å². The Morgan fingerprint density at radius 2 is 1.77 bits per heavy atom. The van der Waals surface area contributed by atoms with Crippen LogP contribution in [0.15, 0.2) is 53.5 Å². The minimum absolute atomic E-state index is 0.201. The zero-order chi connectivity index (χ0) is 21.9. The number of guanidine groups is 1. The zero-order valence-electron chi connectivity index (χ0n) is 17.2. The first-order valence-corrected chi connectivity index (χ1v) is 9.36. The molecule has 0 aliphatic carbocycles. The summed E-state index contributed by atoms with van der Waals surface area (Å²) in [4.78, 5) is 17.1. The maximum atomic E-state index is 13.5. The van der Waals surface area contributed by atoms with Crippen LogP contribution < -0.4 is 10.6 Å². The number of halogens is 2. The lowest BCUT2D eigenvalue weighted by Gasteiger charge is -2.17. The summed E-state index contributed by atoms with van der Waals surface area (Å²) in [7, 11) is 0. The number of nitrogens with zero attached hydrogens (tertiary/aromatic N) is 2. The van der Waals surface area contributed by atoms with Crippen LogP contribution in [-0.2, 0) is 0 Å². The van der Waals surface area contributed by atoms with Crippen molar-refractivity contribution in [3.63, 3.8) is 0 Å². The van der Waals surface area contributed by atoms with E-state index in [1.54, 1.807) is 25.1 Å². The summed E-state index contributed by atoms with van der Waals surface area (Å²) in [5.41, 5.74) is 1.64. The van der Waals surface area contributed by atoms with Crippen molar-refractivity contribution in [1.82, 2.24) is 15.5 Å². The first-order valence-electron chi connectivity index (χ1n) is 9.36. The molecule has 2 aromatic carbocycles. The van der Waals surface area contributed by atoms with Crippen LogP contribution in [0.25, 0.3) is 11.3 Å². The highest BCUT2D eigenvalue weighted by Gasteiger charge is 2.16. The third kappa shape index (κ3) is 5.50. The number of rotatable bonds is 3. The van der Waals surface area contributed by atoms with Gasteiger partial charge in [-0.2, -0.15) is 5.10 Å². The van der Waals surface area contributed by atoms with Gasteiger partial charge in [-0.15, -0.1) is 0 Å². The SMILES string of the molecule is Cc1cc(C(=O)NC(=NC(C)(C)C)Nc2cc(-c3ccc(F)cc3)[nH]n2)ccc1F. The number of H-pyrrole nitrogens is 1. The van der Waals surface area contributed by atoms with Gasteiger partial charge in [0.05, 0.1) is 11.2 Å². The standard InChI is InChI=1S/C22H23F2N5O/c1-13-11-15(7-10-17(13)24)20(30)26-21(27-22(2,3)4)25-19-12-18(28-29-19)14-5-8-16(23)9-6-14/h5-12H,1-4H3,(H3,25,26,27,28,29,30). The molecule has 1 heterocycles. The first-order chi connectivity index (χ1) is 14.1. The number of carbonyl (C=O) groups excluding carboxylic acids is 1. The van der Waals surface area contributed by atoms with Crippen molar-refractivity contribution < 1.29 is 13.6 Å². The summed E-state index contributed by atoms with van der Waals surface area (Å²) in [5.74, 6) is -0.504. The van der Waals surface area contributed by atoms with Gasteiger partial charge in [0, 0.05) is 11.6 Å². The highest BCUT2D eigenvalue weighted by Crippen LogP contribution is 2.20. The molecule has 0 saturated heterocycles. The fourth-order valence-electron chi connectivity index (χ4n) is 2.67. The smallest absolute Gasteiger partial charge is 0.257 e. The second-order valence-electron chi connectivity index (χ2n) is 7.85. The van der Waals surface area contributed by atoms with Gasteiger partial charge in [0.25, 0.3) is 5.91 Å². The van der Waals surface area contributed by atoms with Gasteiger partial charge in [-0.3, -0.25) is 15.2 Å². The molecule has 1 amide bonds. The summed E-state index contributed by atoms with van der Waals surface area (Å²) in [5, 5.41) is 12.7. The Hall–Kier alpha value is -3.55. The molecule has 3 rings (SSSR count). The van der Waals surface area contributed by atoms with E-state index in [9.17, 15) is 13.6 Å². The molecule has 0 saturated carbocycles. The maximum Gasteiger partial charge on any atom is 0.257 e. The number of hydrogen-bond acceptors (Lipinski definition) is 3. The quantitative estimate of drug-likeness (QED) is 0.433. The van der Waals surface area contributed by atoms with E-state index >= 15 is 0 Å². The molecule has 0 aliphatic heterocycles. The average Bonchev–Trinajstić information content (AvgIpc) is 3.11. The average molecular weight is 411 g/mol. The highest BCUT2D eigenvalue weighted by molar-refractivity contribution is 6.10. The van der Waals surface area contributed by atoms with Crippen LogP contribution in [0, 0.1) is 18.6 Å². The van der Waals surface area contributed by atoms with Gasteiger partial charge >= 0.3 is 0 Å². The summed E-state index contributed by atoms with van der Waals surface area (Å²) in [6.07, 6.45) is 0. The van der Waals surface area contributed by atoms with Crippen molar-refractivity contribution in [2.45, 2.75) is 33.2 Å². The van der Waals surface area contributed by atoms with Gasteiger partial charge in [-0.05, 0) is 81.3 Å². The minimum Gasteiger partial charge on any atom is -0.309 e. The molecular weight excluding hydrogens is 388 g/mol. The molecule has 1 aromatic heterocycles. The molecule has 3 N–H and O–H groups in total. The Labute approximate surface area is 173 Å². The second-order valence-corrected chi connectivity index (χ2v) is 7.85. The van der Waals surface area contributed by atoms with Gasteiger partial charge in [-0.1, -0.05) is 0 Å². The molecule has 0 spiro atoms. The Kier molecular flexibility index (Phi) is 5.96. The third-order valence-electron chi connectivity index (χ3n) is 4.08. The number of nitrogens with one attached hydrogen (secondary N) is 3. The molecule has 156 valence electrons. The maximum absolute atomic E-state index is 13.5. The van der Waals surface area contributed by atoms with Crippen LogP contribution in [0.5, 0.6) is 0 Å². The number of aliphatic imine (C=N–C) groups is 1.